The summed E-state index contributed by atoms with van der Waals surface area (Å²) in [5.41, 5.74) is 0.877. The first-order valence-electron chi connectivity index (χ1n) is 8.62. The molecule has 1 saturated carbocycles. The summed E-state index contributed by atoms with van der Waals surface area (Å²) in [5.74, 6) is -0.00326. The number of imidazole rings is 1. The van der Waals surface area contributed by atoms with E-state index in [0.29, 0.717) is 6.54 Å². The number of nitrogens with zero attached hydrogens (tertiary/aromatic N) is 4. The molecule has 0 aromatic carbocycles. The Morgan fingerprint density at radius 3 is 2.85 bits per heavy atom. The van der Waals surface area contributed by atoms with Gasteiger partial charge in [-0.15, -0.1) is 0 Å². The van der Waals surface area contributed by atoms with E-state index in [1.807, 2.05) is 33.7 Å². The summed E-state index contributed by atoms with van der Waals surface area (Å²) in [6.45, 7) is 0.736. The largest absolute Gasteiger partial charge is 0.334 e. The van der Waals surface area contributed by atoms with Gasteiger partial charge in [0, 0.05) is 37.5 Å². The van der Waals surface area contributed by atoms with Gasteiger partial charge in [-0.1, -0.05) is 6.07 Å². The van der Waals surface area contributed by atoms with Crippen molar-refractivity contribution < 1.29 is 4.79 Å². The van der Waals surface area contributed by atoms with Gasteiger partial charge < -0.3 is 13.9 Å². The van der Waals surface area contributed by atoms with Crippen molar-refractivity contribution in [2.75, 3.05) is 0 Å². The van der Waals surface area contributed by atoms with Gasteiger partial charge in [-0.25, -0.2) is 9.78 Å². The van der Waals surface area contributed by atoms with Crippen LogP contribution in [0.3, 0.4) is 0 Å². The number of aryl methyl sites for hydroxylation is 1. The predicted molar refractivity (Wildman–Crippen MR) is 94.7 cm³/mol. The molecule has 8 heteroatoms. The Balaban J connectivity index is 1.48. The molecule has 0 bridgehead atoms. The fourth-order valence-corrected chi connectivity index (χ4v) is 3.06. The van der Waals surface area contributed by atoms with Crippen LogP contribution in [0.25, 0.3) is 5.65 Å². The molecule has 0 spiro atoms. The maximum Gasteiger partial charge on any atom is 0.328 e. The van der Waals surface area contributed by atoms with Crippen LogP contribution in [0, 0.1) is 0 Å². The first-order chi connectivity index (χ1) is 12.6. The van der Waals surface area contributed by atoms with Crippen molar-refractivity contribution in [2.45, 2.75) is 38.4 Å². The Hall–Kier alpha value is -3.16. The summed E-state index contributed by atoms with van der Waals surface area (Å²) in [6, 6.07) is 7.32. The molecule has 0 atom stereocenters. The molecule has 134 valence electrons. The second kappa shape index (κ2) is 6.62. The van der Waals surface area contributed by atoms with Crippen molar-refractivity contribution in [2.24, 2.45) is 0 Å². The van der Waals surface area contributed by atoms with Gasteiger partial charge in [0.1, 0.15) is 5.65 Å². The van der Waals surface area contributed by atoms with Gasteiger partial charge in [0.25, 0.3) is 5.56 Å². The van der Waals surface area contributed by atoms with E-state index in [4.69, 9.17) is 0 Å². The molecule has 26 heavy (non-hydrogen) atoms. The monoisotopic (exact) mass is 353 g/mol. The number of hydrogen-bond donors (Lipinski definition) is 1. The summed E-state index contributed by atoms with van der Waals surface area (Å²) >= 11 is 0. The third-order valence-electron chi connectivity index (χ3n) is 4.60. The van der Waals surface area contributed by atoms with Gasteiger partial charge in [0.05, 0.1) is 18.4 Å². The van der Waals surface area contributed by atoms with Crippen molar-refractivity contribution in [1.29, 1.82) is 0 Å². The molecule has 3 aromatic rings. The number of hydrogen-bond acceptors (Lipinski definition) is 4. The van der Waals surface area contributed by atoms with Crippen LogP contribution in [0.5, 0.6) is 0 Å². The molecule has 0 unspecified atom stereocenters. The number of aromatic amines is 1. The summed E-state index contributed by atoms with van der Waals surface area (Å²) < 4.78 is 3.33. The summed E-state index contributed by atoms with van der Waals surface area (Å²) in [4.78, 5) is 44.0. The smallest absolute Gasteiger partial charge is 0.328 e. The molecule has 0 aliphatic heterocycles. The minimum absolute atomic E-state index is 0.00326. The van der Waals surface area contributed by atoms with E-state index >= 15 is 0 Å². The van der Waals surface area contributed by atoms with E-state index < -0.39 is 11.2 Å². The molecule has 3 aromatic heterocycles. The van der Waals surface area contributed by atoms with E-state index in [9.17, 15) is 14.4 Å². The Morgan fingerprint density at radius 1 is 1.23 bits per heavy atom. The van der Waals surface area contributed by atoms with Crippen LogP contribution in [0.15, 0.2) is 52.4 Å². The van der Waals surface area contributed by atoms with Crippen molar-refractivity contribution in [1.82, 2.24) is 23.8 Å². The summed E-state index contributed by atoms with van der Waals surface area (Å²) in [6.07, 6.45) is 7.36. The Morgan fingerprint density at radius 2 is 2.08 bits per heavy atom. The lowest BCUT2D eigenvalue weighted by Crippen LogP contribution is -2.35. The number of aromatic nitrogens is 4. The molecule has 1 aliphatic carbocycles. The first kappa shape index (κ1) is 16.3. The van der Waals surface area contributed by atoms with Gasteiger partial charge in [0.2, 0.25) is 5.91 Å². The van der Waals surface area contributed by atoms with Crippen LogP contribution < -0.4 is 11.2 Å². The number of nitrogens with one attached hydrogen (secondary N) is 1. The molecule has 0 radical (unpaired) electrons. The van der Waals surface area contributed by atoms with Crippen molar-refractivity contribution in [3.8, 4) is 0 Å². The number of rotatable bonds is 6. The zero-order valence-electron chi connectivity index (χ0n) is 14.2. The van der Waals surface area contributed by atoms with E-state index in [-0.39, 0.29) is 24.9 Å². The summed E-state index contributed by atoms with van der Waals surface area (Å²) in [7, 11) is 0. The Kier molecular flexibility index (Phi) is 4.16. The molecule has 8 nitrogen and oxygen atoms in total. The van der Waals surface area contributed by atoms with E-state index in [0.717, 1.165) is 24.2 Å². The number of carbonyl (C=O) groups excluding carboxylic acids is 1. The normalized spacial score (nSPS) is 13.8. The van der Waals surface area contributed by atoms with Gasteiger partial charge in [-0.3, -0.25) is 14.6 Å². The van der Waals surface area contributed by atoms with E-state index in [1.54, 1.807) is 6.20 Å². The van der Waals surface area contributed by atoms with Gasteiger partial charge in [-0.05, 0) is 25.0 Å². The van der Waals surface area contributed by atoms with Crippen molar-refractivity contribution in [3.63, 3.8) is 0 Å². The molecule has 3 heterocycles. The van der Waals surface area contributed by atoms with Crippen LogP contribution >= 0.6 is 0 Å². The Bertz CT molecular complexity index is 1060. The average Bonchev–Trinajstić information content (AvgIpc) is 3.39. The van der Waals surface area contributed by atoms with Crippen LogP contribution in [0.4, 0.5) is 0 Å². The standard InChI is InChI=1S/C18H19N5O3/c24-16-6-9-21(18(26)20-16)10-7-17(25)23(13-4-5-13)12-14-11-19-15-3-1-2-8-22(14)15/h1-3,6,8-9,11,13H,4-5,7,10,12H2,(H,20,24,26). The minimum Gasteiger partial charge on any atom is -0.334 e. The topological polar surface area (TPSA) is 92.5 Å². The lowest BCUT2D eigenvalue weighted by atomic mass is 10.3. The quantitative estimate of drug-likeness (QED) is 0.708. The first-order valence-corrected chi connectivity index (χ1v) is 8.62. The van der Waals surface area contributed by atoms with Crippen LogP contribution in [-0.2, 0) is 17.9 Å². The fourth-order valence-electron chi connectivity index (χ4n) is 3.06. The highest BCUT2D eigenvalue weighted by atomic mass is 16.2. The van der Waals surface area contributed by atoms with E-state index in [1.165, 1.54) is 16.8 Å². The number of carbonyl (C=O) groups is 1. The second-order valence-electron chi connectivity index (χ2n) is 6.48. The molecule has 1 aliphatic rings. The molecule has 1 fully saturated rings. The second-order valence-corrected chi connectivity index (χ2v) is 6.48. The van der Waals surface area contributed by atoms with Gasteiger partial charge in [-0.2, -0.15) is 0 Å². The van der Waals surface area contributed by atoms with Crippen LogP contribution in [0.1, 0.15) is 25.0 Å². The lowest BCUT2D eigenvalue weighted by Gasteiger charge is -2.22. The zero-order chi connectivity index (χ0) is 18.1. The predicted octanol–water partition coefficient (Wildman–Crippen LogP) is 0.766. The number of pyridine rings is 1. The number of fused-ring (bicyclic) bond motifs is 1. The van der Waals surface area contributed by atoms with Gasteiger partial charge in [0.15, 0.2) is 0 Å². The minimum atomic E-state index is -0.495. The highest BCUT2D eigenvalue weighted by molar-refractivity contribution is 5.76. The van der Waals surface area contributed by atoms with E-state index in [2.05, 4.69) is 9.97 Å². The average molecular weight is 353 g/mol. The number of H-pyrrole nitrogens is 1. The van der Waals surface area contributed by atoms with Crippen molar-refractivity contribution in [3.05, 3.63) is 69.4 Å². The highest BCUT2D eigenvalue weighted by Gasteiger charge is 2.32. The molecule has 1 amide bonds. The van der Waals surface area contributed by atoms with Gasteiger partial charge >= 0.3 is 5.69 Å². The molecular weight excluding hydrogens is 334 g/mol. The SMILES string of the molecule is O=C(CCn1ccc(=O)[nH]c1=O)N(Cc1cnc2ccccn12)C1CC1. The Labute approximate surface area is 148 Å². The van der Waals surface area contributed by atoms with Crippen molar-refractivity contribution >= 4 is 11.6 Å². The molecule has 4 rings (SSSR count). The fraction of sp³-hybridized carbons (Fsp3) is 0.333. The van der Waals surface area contributed by atoms with Crippen LogP contribution in [-0.4, -0.2) is 35.8 Å². The molecule has 1 N–H and O–H groups in total. The third kappa shape index (κ3) is 3.30. The highest BCUT2D eigenvalue weighted by Crippen LogP contribution is 2.29. The molecule has 0 saturated heterocycles. The number of amides is 1. The molecular formula is C18H19N5O3. The summed E-state index contributed by atoms with van der Waals surface area (Å²) in [5, 5.41) is 0. The zero-order valence-corrected chi connectivity index (χ0v) is 14.2. The third-order valence-corrected chi connectivity index (χ3v) is 4.60. The maximum atomic E-state index is 12.7. The maximum absolute atomic E-state index is 12.7. The van der Waals surface area contributed by atoms with Crippen LogP contribution in [0.2, 0.25) is 0 Å². The lowest BCUT2D eigenvalue weighted by molar-refractivity contribution is -0.132.